The highest BCUT2D eigenvalue weighted by atomic mass is 127. The number of rotatable bonds is 7. The van der Waals surface area contributed by atoms with E-state index >= 15 is 0 Å². The number of guanidine groups is 1. The van der Waals surface area contributed by atoms with Crippen LogP contribution in [0, 0.1) is 5.92 Å². The van der Waals surface area contributed by atoms with Gasteiger partial charge in [-0.05, 0) is 25.7 Å². The van der Waals surface area contributed by atoms with Gasteiger partial charge in [-0.25, -0.2) is 0 Å². The van der Waals surface area contributed by atoms with Gasteiger partial charge in [0.2, 0.25) is 0 Å². The van der Waals surface area contributed by atoms with Crippen molar-refractivity contribution in [2.75, 3.05) is 47.0 Å². The van der Waals surface area contributed by atoms with E-state index in [1.807, 2.05) is 7.05 Å². The first-order valence-corrected chi connectivity index (χ1v) is 9.31. The minimum absolute atomic E-state index is 0. The fraction of sp³-hybridized carbons (Fsp3) is 0.944. The molecule has 1 unspecified atom stereocenters. The fourth-order valence-corrected chi connectivity index (χ4v) is 3.86. The lowest BCUT2D eigenvalue weighted by molar-refractivity contribution is -0.0659. The van der Waals surface area contributed by atoms with E-state index in [9.17, 15) is 0 Å². The Morgan fingerprint density at radius 3 is 2.67 bits per heavy atom. The van der Waals surface area contributed by atoms with Gasteiger partial charge in [-0.3, -0.25) is 4.99 Å². The molecule has 0 aromatic rings. The Morgan fingerprint density at radius 2 is 2.04 bits per heavy atom. The lowest BCUT2D eigenvalue weighted by Gasteiger charge is -2.38. The van der Waals surface area contributed by atoms with Gasteiger partial charge in [-0.2, -0.15) is 0 Å². The van der Waals surface area contributed by atoms with Gasteiger partial charge in [-0.15, -0.1) is 24.0 Å². The molecular formula is C18H36IN3O2. The number of halogens is 1. The van der Waals surface area contributed by atoms with Crippen LogP contribution in [0.3, 0.4) is 0 Å². The van der Waals surface area contributed by atoms with Gasteiger partial charge in [0.25, 0.3) is 0 Å². The molecule has 0 aromatic carbocycles. The maximum absolute atomic E-state index is 6.28. The van der Waals surface area contributed by atoms with Crippen molar-refractivity contribution in [1.82, 2.24) is 10.2 Å². The Balaban J connectivity index is 0.00000288. The molecule has 1 saturated carbocycles. The third kappa shape index (κ3) is 6.33. The predicted octanol–water partition coefficient (Wildman–Crippen LogP) is 3.28. The maximum atomic E-state index is 6.28. The van der Waals surface area contributed by atoms with Crippen molar-refractivity contribution in [2.24, 2.45) is 10.9 Å². The molecule has 0 amide bonds. The molecule has 2 aliphatic rings. The highest BCUT2D eigenvalue weighted by Crippen LogP contribution is 2.31. The summed E-state index contributed by atoms with van der Waals surface area (Å²) < 4.78 is 11.6. The van der Waals surface area contributed by atoms with Crippen LogP contribution in [0.25, 0.3) is 0 Å². The summed E-state index contributed by atoms with van der Waals surface area (Å²) in [6.45, 7) is 6.87. The lowest BCUT2D eigenvalue weighted by Crippen LogP contribution is -2.50. The summed E-state index contributed by atoms with van der Waals surface area (Å²) in [4.78, 5) is 6.86. The van der Waals surface area contributed by atoms with Crippen molar-refractivity contribution in [3.05, 3.63) is 0 Å². The smallest absolute Gasteiger partial charge is 0.193 e. The minimum Gasteiger partial charge on any atom is -0.384 e. The summed E-state index contributed by atoms with van der Waals surface area (Å²) in [7, 11) is 3.67. The van der Waals surface area contributed by atoms with Crippen molar-refractivity contribution in [2.45, 2.75) is 57.5 Å². The van der Waals surface area contributed by atoms with Crippen LogP contribution in [0.5, 0.6) is 0 Å². The van der Waals surface area contributed by atoms with Crippen LogP contribution in [0.15, 0.2) is 4.99 Å². The summed E-state index contributed by atoms with van der Waals surface area (Å²) in [5, 5.41) is 3.60. The molecule has 5 nitrogen and oxygen atoms in total. The second kappa shape index (κ2) is 11.5. The zero-order valence-corrected chi connectivity index (χ0v) is 18.0. The number of likely N-dealkylation sites (tertiary alicyclic amines) is 1. The van der Waals surface area contributed by atoms with Crippen molar-refractivity contribution in [3.63, 3.8) is 0 Å². The van der Waals surface area contributed by atoms with E-state index in [0.29, 0.717) is 5.92 Å². The Morgan fingerprint density at radius 1 is 1.29 bits per heavy atom. The second-order valence-corrected chi connectivity index (χ2v) is 7.05. The van der Waals surface area contributed by atoms with Gasteiger partial charge >= 0.3 is 0 Å². The van der Waals surface area contributed by atoms with E-state index in [1.54, 1.807) is 7.11 Å². The Bertz CT molecular complexity index is 373. The molecule has 1 aliphatic carbocycles. The molecule has 0 radical (unpaired) electrons. The van der Waals surface area contributed by atoms with Crippen LogP contribution >= 0.6 is 24.0 Å². The van der Waals surface area contributed by atoms with Crippen molar-refractivity contribution in [3.8, 4) is 0 Å². The predicted molar refractivity (Wildman–Crippen MR) is 110 cm³/mol. The molecule has 0 aromatic heterocycles. The molecule has 1 saturated heterocycles. The van der Waals surface area contributed by atoms with Crippen LogP contribution in [0.1, 0.15) is 51.9 Å². The Labute approximate surface area is 165 Å². The van der Waals surface area contributed by atoms with Gasteiger partial charge in [0, 0.05) is 46.3 Å². The monoisotopic (exact) mass is 453 g/mol. The van der Waals surface area contributed by atoms with E-state index in [1.165, 1.54) is 38.5 Å². The van der Waals surface area contributed by atoms with Crippen molar-refractivity contribution >= 4 is 29.9 Å². The van der Waals surface area contributed by atoms with E-state index in [2.05, 4.69) is 22.1 Å². The number of nitrogens with zero attached hydrogens (tertiary/aromatic N) is 2. The van der Waals surface area contributed by atoms with E-state index < -0.39 is 0 Å². The van der Waals surface area contributed by atoms with E-state index in [0.717, 1.165) is 45.2 Å². The standard InChI is InChI=1S/C18H35N3O2.HI/c1-4-12-23-18(9-6-5-7-10-18)15-20-17(19-2)21-11-8-16(13-21)14-22-3;/h16H,4-15H2,1-3H3,(H,19,20);1H. The van der Waals surface area contributed by atoms with Crippen molar-refractivity contribution in [1.29, 1.82) is 0 Å². The summed E-state index contributed by atoms with van der Waals surface area (Å²) in [5.74, 6) is 1.65. The molecule has 0 spiro atoms. The topological polar surface area (TPSA) is 46.1 Å². The van der Waals surface area contributed by atoms with Crippen LogP contribution in [0.4, 0.5) is 0 Å². The molecule has 1 aliphatic heterocycles. The van der Waals surface area contributed by atoms with Gasteiger partial charge in [0.1, 0.15) is 0 Å². The first-order chi connectivity index (χ1) is 11.2. The Kier molecular flexibility index (Phi) is 10.5. The van der Waals surface area contributed by atoms with Crippen molar-refractivity contribution < 1.29 is 9.47 Å². The minimum atomic E-state index is 0. The fourth-order valence-electron chi connectivity index (χ4n) is 3.86. The third-order valence-electron chi connectivity index (χ3n) is 5.15. The molecule has 2 fully saturated rings. The van der Waals surface area contributed by atoms with Gasteiger partial charge < -0.3 is 19.7 Å². The number of aliphatic imine (C=N–C) groups is 1. The molecule has 0 bridgehead atoms. The average Bonchev–Trinajstić information content (AvgIpc) is 3.03. The number of ether oxygens (including phenoxy) is 2. The zero-order chi connectivity index (χ0) is 16.5. The molecule has 2 rings (SSSR count). The largest absolute Gasteiger partial charge is 0.384 e. The van der Waals surface area contributed by atoms with Gasteiger partial charge in [-0.1, -0.05) is 26.2 Å². The first-order valence-electron chi connectivity index (χ1n) is 9.31. The van der Waals surface area contributed by atoms with Crippen LogP contribution in [-0.4, -0.2) is 63.5 Å². The van der Waals surface area contributed by atoms with Crippen LogP contribution in [0.2, 0.25) is 0 Å². The summed E-state index contributed by atoms with van der Waals surface area (Å²) in [5.41, 5.74) is 0.00978. The molecule has 1 heterocycles. The number of hydrogen-bond acceptors (Lipinski definition) is 3. The number of methoxy groups -OCH3 is 1. The SMILES string of the molecule is CCCOC1(CNC(=NC)N2CCC(COC)C2)CCCCC1.I. The van der Waals surface area contributed by atoms with Gasteiger partial charge in [0.05, 0.1) is 12.2 Å². The quantitative estimate of drug-likeness (QED) is 0.365. The van der Waals surface area contributed by atoms with Crippen LogP contribution in [-0.2, 0) is 9.47 Å². The molecular weight excluding hydrogens is 417 g/mol. The average molecular weight is 453 g/mol. The number of nitrogens with one attached hydrogen (secondary N) is 1. The van der Waals surface area contributed by atoms with E-state index in [4.69, 9.17) is 9.47 Å². The summed E-state index contributed by atoms with van der Waals surface area (Å²) in [6.07, 6.45) is 8.52. The Hall–Kier alpha value is -0.0800. The first kappa shape index (κ1) is 22.0. The number of hydrogen-bond donors (Lipinski definition) is 1. The summed E-state index contributed by atoms with van der Waals surface area (Å²) >= 11 is 0. The lowest BCUT2D eigenvalue weighted by atomic mass is 9.84. The van der Waals surface area contributed by atoms with Crippen LogP contribution < -0.4 is 5.32 Å². The molecule has 1 N–H and O–H groups in total. The zero-order valence-electron chi connectivity index (χ0n) is 15.7. The highest BCUT2D eigenvalue weighted by molar-refractivity contribution is 14.0. The third-order valence-corrected chi connectivity index (χ3v) is 5.15. The van der Waals surface area contributed by atoms with E-state index in [-0.39, 0.29) is 29.6 Å². The highest BCUT2D eigenvalue weighted by Gasteiger charge is 2.34. The normalized spacial score (nSPS) is 23.9. The second-order valence-electron chi connectivity index (χ2n) is 7.05. The maximum Gasteiger partial charge on any atom is 0.193 e. The van der Waals surface area contributed by atoms with Gasteiger partial charge in [0.15, 0.2) is 5.96 Å². The molecule has 6 heteroatoms. The summed E-state index contributed by atoms with van der Waals surface area (Å²) in [6, 6.07) is 0. The molecule has 24 heavy (non-hydrogen) atoms. The molecule has 142 valence electrons. The molecule has 1 atom stereocenters.